The van der Waals surface area contributed by atoms with E-state index < -0.39 is 45.5 Å². The van der Waals surface area contributed by atoms with Crippen LogP contribution in [0.3, 0.4) is 0 Å². The summed E-state index contributed by atoms with van der Waals surface area (Å²) in [6.45, 7) is 0.106. The second-order valence-electron chi connectivity index (χ2n) is 4.23. The van der Waals surface area contributed by atoms with Crippen LogP contribution in [0.25, 0.3) is 0 Å². The zero-order chi connectivity index (χ0) is 16.9. The summed E-state index contributed by atoms with van der Waals surface area (Å²) in [5.41, 5.74) is 10.3. The zero-order valence-electron chi connectivity index (χ0n) is 11.3. The van der Waals surface area contributed by atoms with Gasteiger partial charge in [0.1, 0.15) is 6.04 Å². The SMILES string of the molecule is C[C@H](N)C(=O)OCOP(=O)(O)C(O)(CCCN)P(=O)(O)O. The molecule has 11 nitrogen and oxygen atoms in total. The van der Waals surface area contributed by atoms with Crippen molar-refractivity contribution in [3.63, 3.8) is 0 Å². The second-order valence-corrected chi connectivity index (χ2v) is 8.45. The van der Waals surface area contributed by atoms with E-state index in [-0.39, 0.29) is 13.0 Å². The van der Waals surface area contributed by atoms with E-state index in [0.717, 1.165) is 0 Å². The summed E-state index contributed by atoms with van der Waals surface area (Å²) in [6, 6.07) is -1.02. The smallest absolute Gasteiger partial charge is 0.374 e. The second kappa shape index (κ2) is 7.77. The summed E-state index contributed by atoms with van der Waals surface area (Å²) >= 11 is 0. The Bertz CT molecular complexity index is 451. The van der Waals surface area contributed by atoms with E-state index in [1.54, 1.807) is 0 Å². The van der Waals surface area contributed by atoms with Gasteiger partial charge in [0, 0.05) is 6.42 Å². The van der Waals surface area contributed by atoms with Crippen molar-refractivity contribution in [1.29, 1.82) is 0 Å². The predicted molar refractivity (Wildman–Crippen MR) is 70.8 cm³/mol. The van der Waals surface area contributed by atoms with Gasteiger partial charge in [0.05, 0.1) is 0 Å². The highest BCUT2D eigenvalue weighted by Crippen LogP contribution is 2.71. The molecule has 2 unspecified atom stereocenters. The number of hydrogen-bond donors (Lipinski definition) is 6. The van der Waals surface area contributed by atoms with Crippen molar-refractivity contribution in [2.24, 2.45) is 11.5 Å². The highest BCUT2D eigenvalue weighted by molar-refractivity contribution is 7.72. The molecule has 0 fully saturated rings. The predicted octanol–water partition coefficient (Wildman–Crippen LogP) is -1.40. The van der Waals surface area contributed by atoms with Gasteiger partial charge < -0.3 is 36.0 Å². The van der Waals surface area contributed by atoms with E-state index in [1.807, 2.05) is 0 Å². The Morgan fingerprint density at radius 2 is 1.86 bits per heavy atom. The van der Waals surface area contributed by atoms with Crippen molar-refractivity contribution in [1.82, 2.24) is 0 Å². The summed E-state index contributed by atoms with van der Waals surface area (Å²) < 4.78 is 31.8. The summed E-state index contributed by atoms with van der Waals surface area (Å²) in [5.74, 6) is -0.961. The van der Waals surface area contributed by atoms with Crippen LogP contribution in [-0.4, -0.2) is 50.2 Å². The molecule has 0 amide bonds. The molecule has 3 atom stereocenters. The Kier molecular flexibility index (Phi) is 7.64. The van der Waals surface area contributed by atoms with Crippen LogP contribution in [0.15, 0.2) is 0 Å². The number of ether oxygens (including phenoxy) is 1. The molecule has 13 heteroatoms. The first kappa shape index (κ1) is 20.6. The van der Waals surface area contributed by atoms with Gasteiger partial charge in [-0.3, -0.25) is 18.4 Å². The van der Waals surface area contributed by atoms with Gasteiger partial charge in [-0.2, -0.15) is 0 Å². The van der Waals surface area contributed by atoms with Crippen LogP contribution in [0.2, 0.25) is 0 Å². The van der Waals surface area contributed by atoms with Crippen molar-refractivity contribution in [3.05, 3.63) is 0 Å². The molecule has 0 aromatic rings. The molecule has 0 aliphatic heterocycles. The largest absolute Gasteiger partial charge is 0.437 e. The van der Waals surface area contributed by atoms with Gasteiger partial charge in [-0.15, -0.1) is 0 Å². The van der Waals surface area contributed by atoms with Crippen molar-refractivity contribution in [3.8, 4) is 0 Å². The highest BCUT2D eigenvalue weighted by atomic mass is 31.2. The fourth-order valence-electron chi connectivity index (χ4n) is 1.18. The third-order valence-corrected chi connectivity index (χ3v) is 6.72. The molecule has 21 heavy (non-hydrogen) atoms. The van der Waals surface area contributed by atoms with E-state index in [4.69, 9.17) is 21.3 Å². The van der Waals surface area contributed by atoms with Crippen molar-refractivity contribution in [2.45, 2.75) is 30.9 Å². The molecular formula is C8H20N2O9P2. The standard InChI is InChI=1S/C8H20N2O9P2/c1-6(10)7(11)18-5-19-21(16,17)8(12,3-2-4-9)20(13,14)15/h6,12H,2-5,9-10H2,1H3,(H,16,17)(H2,13,14,15)/t6-,8?/m0/s1. The lowest BCUT2D eigenvalue weighted by Crippen LogP contribution is -2.32. The van der Waals surface area contributed by atoms with Crippen LogP contribution in [-0.2, 0) is 23.2 Å². The molecule has 0 radical (unpaired) electrons. The molecule has 0 aromatic carbocycles. The van der Waals surface area contributed by atoms with Gasteiger partial charge in [0.25, 0.3) is 5.08 Å². The third-order valence-electron chi connectivity index (χ3n) is 2.44. The average Bonchev–Trinajstić information content (AvgIpc) is 2.33. The van der Waals surface area contributed by atoms with Gasteiger partial charge in [0.15, 0.2) is 0 Å². The lowest BCUT2D eigenvalue weighted by atomic mass is 10.3. The molecule has 8 N–H and O–H groups in total. The molecule has 0 aromatic heterocycles. The molecule has 0 rings (SSSR count). The third kappa shape index (κ3) is 5.41. The maximum absolute atomic E-state index is 11.9. The maximum Gasteiger partial charge on any atom is 0.374 e. The Labute approximate surface area is 120 Å². The van der Waals surface area contributed by atoms with Crippen molar-refractivity contribution >= 4 is 21.2 Å². The van der Waals surface area contributed by atoms with E-state index in [9.17, 15) is 23.9 Å². The van der Waals surface area contributed by atoms with Crippen LogP contribution in [0.1, 0.15) is 19.8 Å². The molecule has 0 spiro atoms. The molecular weight excluding hydrogens is 330 g/mol. The number of rotatable bonds is 9. The number of carbonyl (C=O) groups excluding carboxylic acids is 1. The molecule has 0 heterocycles. The van der Waals surface area contributed by atoms with Gasteiger partial charge in [-0.05, 0) is 19.9 Å². The van der Waals surface area contributed by atoms with E-state index in [0.29, 0.717) is 0 Å². The summed E-state index contributed by atoms with van der Waals surface area (Å²) in [7, 11) is -10.7. The Morgan fingerprint density at radius 3 is 2.24 bits per heavy atom. The minimum absolute atomic E-state index is 0.0814. The first-order valence-corrected chi connectivity index (χ1v) is 8.96. The normalized spacial score (nSPS) is 19.4. The summed E-state index contributed by atoms with van der Waals surface area (Å²) in [4.78, 5) is 38.7. The first-order valence-electron chi connectivity index (χ1n) is 5.77. The quantitative estimate of drug-likeness (QED) is 0.162. The molecule has 126 valence electrons. The van der Waals surface area contributed by atoms with Gasteiger partial charge >= 0.3 is 21.2 Å². The minimum Gasteiger partial charge on any atom is -0.437 e. The van der Waals surface area contributed by atoms with E-state index >= 15 is 0 Å². The van der Waals surface area contributed by atoms with Gasteiger partial charge in [0.2, 0.25) is 6.79 Å². The lowest BCUT2D eigenvalue weighted by molar-refractivity contribution is -0.151. The zero-order valence-corrected chi connectivity index (χ0v) is 13.1. The Morgan fingerprint density at radius 1 is 1.33 bits per heavy atom. The Balaban J connectivity index is 5.00. The molecule has 0 aliphatic rings. The van der Waals surface area contributed by atoms with Crippen LogP contribution in [0, 0.1) is 0 Å². The fraction of sp³-hybridized carbons (Fsp3) is 0.875. The molecule has 0 aliphatic carbocycles. The van der Waals surface area contributed by atoms with Crippen LogP contribution in [0.5, 0.6) is 0 Å². The topological polar surface area (TPSA) is 203 Å². The fourth-order valence-corrected chi connectivity index (χ4v) is 3.96. The molecule has 0 saturated heterocycles. The maximum atomic E-state index is 11.9. The van der Waals surface area contributed by atoms with Crippen molar-refractivity contribution in [2.75, 3.05) is 13.3 Å². The monoisotopic (exact) mass is 350 g/mol. The molecule has 0 bridgehead atoms. The summed E-state index contributed by atoms with van der Waals surface area (Å²) in [5, 5.41) is 6.53. The number of hydrogen-bond acceptors (Lipinski definition) is 8. The summed E-state index contributed by atoms with van der Waals surface area (Å²) in [6.07, 6.45) is -0.919. The lowest BCUT2D eigenvalue weighted by Gasteiger charge is -2.31. The number of carbonyl (C=O) groups is 1. The average molecular weight is 350 g/mol. The highest BCUT2D eigenvalue weighted by Gasteiger charge is 2.60. The number of nitrogens with two attached hydrogens (primary N) is 2. The van der Waals surface area contributed by atoms with Crippen LogP contribution < -0.4 is 11.5 Å². The minimum atomic E-state index is -5.43. The molecule has 0 saturated carbocycles. The number of esters is 1. The number of aliphatic hydroxyl groups is 1. The van der Waals surface area contributed by atoms with Gasteiger partial charge in [-0.1, -0.05) is 0 Å². The van der Waals surface area contributed by atoms with Crippen LogP contribution >= 0.6 is 15.2 Å². The first-order chi connectivity index (χ1) is 9.39. The van der Waals surface area contributed by atoms with Crippen molar-refractivity contribution < 1.29 is 43.0 Å². The van der Waals surface area contributed by atoms with Gasteiger partial charge in [-0.25, -0.2) is 0 Å². The van der Waals surface area contributed by atoms with E-state index in [2.05, 4.69) is 9.26 Å². The van der Waals surface area contributed by atoms with E-state index in [1.165, 1.54) is 6.92 Å². The Hall–Kier alpha value is -0.350. The van der Waals surface area contributed by atoms with Crippen LogP contribution in [0.4, 0.5) is 0 Å².